The van der Waals surface area contributed by atoms with E-state index in [1.54, 1.807) is 36.4 Å². The van der Waals surface area contributed by atoms with E-state index in [4.69, 9.17) is 9.47 Å². The van der Waals surface area contributed by atoms with Gasteiger partial charge in [0.1, 0.15) is 18.1 Å². The normalized spacial score (nSPS) is 10.4. The Labute approximate surface area is 152 Å². The number of hydrazone groups is 1. The van der Waals surface area contributed by atoms with Crippen LogP contribution in [-0.4, -0.2) is 31.3 Å². The summed E-state index contributed by atoms with van der Waals surface area (Å²) < 4.78 is 11.2. The van der Waals surface area contributed by atoms with Crippen molar-refractivity contribution < 1.29 is 24.2 Å². The highest BCUT2D eigenvalue weighted by atomic mass is 79.9. The van der Waals surface area contributed by atoms with E-state index in [2.05, 4.69) is 26.5 Å². The second-order valence-electron chi connectivity index (χ2n) is 4.77. The van der Waals surface area contributed by atoms with Gasteiger partial charge in [-0.2, -0.15) is 5.10 Å². The zero-order valence-electron chi connectivity index (χ0n) is 13.0. The Bertz CT molecular complexity index is 745. The third kappa shape index (κ3) is 7.05. The van der Waals surface area contributed by atoms with E-state index in [9.17, 15) is 14.7 Å². The van der Waals surface area contributed by atoms with E-state index < -0.39 is 18.5 Å². The van der Waals surface area contributed by atoms with Crippen LogP contribution in [0.15, 0.2) is 58.1 Å². The molecule has 1 amide bonds. The molecule has 0 bridgehead atoms. The Balaban J connectivity index is 1.74. The molecule has 25 heavy (non-hydrogen) atoms. The molecule has 0 spiro atoms. The predicted octanol–water partition coefficient (Wildman–Crippen LogP) is 1.11. The molecule has 1 N–H and O–H groups in total. The van der Waals surface area contributed by atoms with E-state index in [1.165, 1.54) is 6.21 Å². The van der Waals surface area contributed by atoms with Crippen LogP contribution >= 0.6 is 15.9 Å². The van der Waals surface area contributed by atoms with E-state index in [0.717, 1.165) is 4.47 Å². The van der Waals surface area contributed by atoms with E-state index in [-0.39, 0.29) is 6.61 Å². The molecule has 0 aromatic heterocycles. The van der Waals surface area contributed by atoms with Gasteiger partial charge in [0.15, 0.2) is 6.61 Å². The van der Waals surface area contributed by atoms with Gasteiger partial charge in [0.25, 0.3) is 5.91 Å². The smallest absolute Gasteiger partial charge is 0.277 e. The molecule has 0 atom stereocenters. The summed E-state index contributed by atoms with van der Waals surface area (Å²) in [5.41, 5.74) is 3.05. The number of carbonyl (C=O) groups is 2. The van der Waals surface area contributed by atoms with Crippen LogP contribution in [0.25, 0.3) is 0 Å². The molecule has 2 aromatic rings. The van der Waals surface area contributed by atoms with Gasteiger partial charge >= 0.3 is 0 Å². The summed E-state index contributed by atoms with van der Waals surface area (Å²) in [6.07, 6.45) is 1.44. The van der Waals surface area contributed by atoms with Crippen LogP contribution < -0.4 is 20.0 Å². The quantitative estimate of drug-likeness (QED) is 0.523. The molecule has 8 heteroatoms. The van der Waals surface area contributed by atoms with Crippen molar-refractivity contribution in [2.75, 3.05) is 13.2 Å². The number of rotatable bonds is 8. The summed E-state index contributed by atoms with van der Waals surface area (Å²) in [5.74, 6) is -0.713. The van der Waals surface area contributed by atoms with Gasteiger partial charge in [0.2, 0.25) is 0 Å². The molecule has 0 heterocycles. The van der Waals surface area contributed by atoms with Crippen LogP contribution in [0.3, 0.4) is 0 Å². The molecule has 0 aliphatic carbocycles. The van der Waals surface area contributed by atoms with Crippen LogP contribution in [0, 0.1) is 0 Å². The minimum atomic E-state index is -1.29. The molecule has 130 valence electrons. The van der Waals surface area contributed by atoms with E-state index >= 15 is 0 Å². The minimum Gasteiger partial charge on any atom is -0.546 e. The van der Waals surface area contributed by atoms with Crippen molar-refractivity contribution in [3.8, 4) is 11.5 Å². The number of aliphatic carboxylic acids is 1. The highest BCUT2D eigenvalue weighted by Gasteiger charge is 2.01. The number of carboxylic acid groups (broad SMARTS) is 1. The maximum absolute atomic E-state index is 11.6. The fourth-order valence-electron chi connectivity index (χ4n) is 1.68. The van der Waals surface area contributed by atoms with Gasteiger partial charge in [-0.3, -0.25) is 4.79 Å². The highest BCUT2D eigenvalue weighted by Crippen LogP contribution is 2.15. The first-order valence-electron chi connectivity index (χ1n) is 7.16. The summed E-state index contributed by atoms with van der Waals surface area (Å²) in [7, 11) is 0. The first-order chi connectivity index (χ1) is 12.0. The zero-order valence-corrected chi connectivity index (χ0v) is 14.6. The molecule has 2 rings (SSSR count). The van der Waals surface area contributed by atoms with Crippen LogP contribution in [0.5, 0.6) is 11.5 Å². The maximum atomic E-state index is 11.6. The highest BCUT2D eigenvalue weighted by molar-refractivity contribution is 9.10. The van der Waals surface area contributed by atoms with Crippen molar-refractivity contribution in [3.05, 3.63) is 58.6 Å². The van der Waals surface area contributed by atoms with Crippen molar-refractivity contribution in [1.82, 2.24) is 5.43 Å². The van der Waals surface area contributed by atoms with Gasteiger partial charge in [-0.05, 0) is 54.1 Å². The van der Waals surface area contributed by atoms with Crippen molar-refractivity contribution in [3.63, 3.8) is 0 Å². The Morgan fingerprint density at radius 2 is 1.56 bits per heavy atom. The number of carbonyl (C=O) groups excluding carboxylic acids is 2. The summed E-state index contributed by atoms with van der Waals surface area (Å²) >= 11 is 3.31. The number of hydrogen-bond donors (Lipinski definition) is 1. The van der Waals surface area contributed by atoms with Gasteiger partial charge in [0, 0.05) is 4.47 Å². The molecule has 7 nitrogen and oxygen atoms in total. The molecule has 0 radical (unpaired) electrons. The van der Waals surface area contributed by atoms with Gasteiger partial charge in [-0.25, -0.2) is 5.43 Å². The molecular weight excluding hydrogens is 392 g/mol. The standard InChI is InChI=1S/C17H15BrN2O5/c18-13-3-7-15(8-4-13)24-10-16(21)20-19-9-12-1-5-14(6-2-12)25-11-17(22)23/h1-9H,10-11H2,(H,20,21)(H,22,23)/p-1/b19-9-. The third-order valence-corrected chi connectivity index (χ3v) is 3.35. The number of halogens is 1. The molecule has 0 aliphatic rings. The fourth-order valence-corrected chi connectivity index (χ4v) is 1.95. The minimum absolute atomic E-state index is 0.158. The lowest BCUT2D eigenvalue weighted by Gasteiger charge is -2.06. The molecule has 0 fully saturated rings. The molecular formula is C17H14BrN2O5-. The van der Waals surface area contributed by atoms with Crippen LogP contribution in [0.1, 0.15) is 5.56 Å². The Morgan fingerprint density at radius 1 is 1.00 bits per heavy atom. The Hall–Kier alpha value is -2.87. The number of nitrogens with zero attached hydrogens (tertiary/aromatic N) is 1. The largest absolute Gasteiger partial charge is 0.546 e. The van der Waals surface area contributed by atoms with Crippen molar-refractivity contribution in [1.29, 1.82) is 0 Å². The van der Waals surface area contributed by atoms with Crippen molar-refractivity contribution in [2.24, 2.45) is 5.10 Å². The average molecular weight is 406 g/mol. The van der Waals surface area contributed by atoms with E-state index in [1.807, 2.05) is 12.1 Å². The number of nitrogens with one attached hydrogen (secondary N) is 1. The lowest BCUT2D eigenvalue weighted by atomic mass is 10.2. The van der Waals surface area contributed by atoms with Gasteiger partial charge in [-0.1, -0.05) is 15.9 Å². The van der Waals surface area contributed by atoms with Crippen molar-refractivity contribution >= 4 is 34.0 Å². The molecule has 0 unspecified atom stereocenters. The Kier molecular flexibility index (Phi) is 6.97. The molecule has 2 aromatic carbocycles. The number of amides is 1. The monoisotopic (exact) mass is 405 g/mol. The summed E-state index contributed by atoms with van der Waals surface area (Å²) in [4.78, 5) is 21.9. The number of hydrogen-bond acceptors (Lipinski definition) is 6. The summed E-state index contributed by atoms with van der Waals surface area (Å²) in [6, 6.07) is 13.6. The van der Waals surface area contributed by atoms with Crippen LogP contribution in [-0.2, 0) is 9.59 Å². The first kappa shape index (κ1) is 18.5. The first-order valence-corrected chi connectivity index (χ1v) is 7.95. The molecule has 0 saturated heterocycles. The molecule has 0 aliphatic heterocycles. The van der Waals surface area contributed by atoms with Crippen LogP contribution in [0.2, 0.25) is 0 Å². The van der Waals surface area contributed by atoms with Gasteiger partial charge in [-0.15, -0.1) is 0 Å². The van der Waals surface area contributed by atoms with Crippen LogP contribution in [0.4, 0.5) is 0 Å². The SMILES string of the molecule is O=C([O-])COc1ccc(/C=N\NC(=O)COc2ccc(Br)cc2)cc1. The van der Waals surface area contributed by atoms with Gasteiger partial charge < -0.3 is 19.4 Å². The van der Waals surface area contributed by atoms with E-state index in [0.29, 0.717) is 17.1 Å². The summed E-state index contributed by atoms with van der Waals surface area (Å²) in [6.45, 7) is -0.670. The average Bonchev–Trinajstić information content (AvgIpc) is 2.60. The second kappa shape index (κ2) is 9.43. The second-order valence-corrected chi connectivity index (χ2v) is 5.68. The topological polar surface area (TPSA) is 100 Å². The van der Waals surface area contributed by atoms with Crippen molar-refractivity contribution in [2.45, 2.75) is 0 Å². The molecule has 0 saturated carbocycles. The Morgan fingerprint density at radius 3 is 2.16 bits per heavy atom. The maximum Gasteiger partial charge on any atom is 0.277 e. The number of benzene rings is 2. The summed E-state index contributed by atoms with van der Waals surface area (Å²) in [5, 5.41) is 14.1. The number of carboxylic acids is 1. The lowest BCUT2D eigenvalue weighted by Crippen LogP contribution is -2.28. The fraction of sp³-hybridized carbons (Fsp3) is 0.118. The lowest BCUT2D eigenvalue weighted by molar-refractivity contribution is -0.307. The predicted molar refractivity (Wildman–Crippen MR) is 92.3 cm³/mol. The number of ether oxygens (including phenoxy) is 2. The zero-order chi connectivity index (χ0) is 18.1. The third-order valence-electron chi connectivity index (χ3n) is 2.82. The van der Waals surface area contributed by atoms with Gasteiger partial charge in [0.05, 0.1) is 12.2 Å².